The molecule has 0 unspecified atom stereocenters. The third-order valence-corrected chi connectivity index (χ3v) is 4.67. The van der Waals surface area contributed by atoms with E-state index in [0.717, 1.165) is 29.6 Å². The monoisotopic (exact) mass is 323 g/mol. The number of amides is 1. The van der Waals surface area contributed by atoms with Crippen LogP contribution in [0.15, 0.2) is 30.3 Å². The van der Waals surface area contributed by atoms with Crippen LogP contribution in [0.1, 0.15) is 31.5 Å². The van der Waals surface area contributed by atoms with Gasteiger partial charge < -0.3 is 14.6 Å². The van der Waals surface area contributed by atoms with E-state index in [1.54, 1.807) is 0 Å². The van der Waals surface area contributed by atoms with Gasteiger partial charge in [-0.25, -0.2) is 4.79 Å². The smallest absolute Gasteiger partial charge is 0.407 e. The molecule has 1 aromatic heterocycles. The van der Waals surface area contributed by atoms with Crippen LogP contribution >= 0.6 is 0 Å². The maximum Gasteiger partial charge on any atom is 0.407 e. The number of nitrogens with zero attached hydrogens (tertiary/aromatic N) is 3. The molecule has 2 heterocycles. The second-order valence-corrected chi connectivity index (χ2v) is 6.40. The van der Waals surface area contributed by atoms with Gasteiger partial charge in [-0.3, -0.25) is 0 Å². The number of aromatic nitrogens is 1. The molecule has 5 heteroatoms. The van der Waals surface area contributed by atoms with Crippen molar-refractivity contribution in [3.8, 4) is 6.07 Å². The summed E-state index contributed by atoms with van der Waals surface area (Å²) in [7, 11) is 0. The molecule has 124 valence electrons. The Balaban J connectivity index is 1.95. The molecular weight excluding hydrogens is 302 g/mol. The number of hydrogen-bond acceptors (Lipinski definition) is 2. The molecule has 2 aromatic rings. The highest BCUT2D eigenvalue weighted by Gasteiger charge is 2.31. The molecular formula is C19H21N3O2. The normalized spacial score (nSPS) is 20.8. The largest absolute Gasteiger partial charge is 0.465 e. The van der Waals surface area contributed by atoms with Crippen molar-refractivity contribution in [3.63, 3.8) is 0 Å². The number of carboxylic acid groups (broad SMARTS) is 1. The summed E-state index contributed by atoms with van der Waals surface area (Å²) in [6, 6.07) is 9.86. The van der Waals surface area contributed by atoms with Crippen LogP contribution in [0.5, 0.6) is 0 Å². The molecule has 1 N–H and O–H groups in total. The molecule has 0 bridgehead atoms. The van der Waals surface area contributed by atoms with Crippen molar-refractivity contribution in [2.75, 3.05) is 6.54 Å². The topological polar surface area (TPSA) is 69.3 Å². The van der Waals surface area contributed by atoms with Crippen LogP contribution in [-0.2, 0) is 6.54 Å². The van der Waals surface area contributed by atoms with Gasteiger partial charge in [0.2, 0.25) is 0 Å². The number of hydrogen-bond donors (Lipinski definition) is 1. The van der Waals surface area contributed by atoms with Crippen LogP contribution in [0.25, 0.3) is 17.0 Å². The molecule has 0 saturated carbocycles. The van der Waals surface area contributed by atoms with E-state index in [-0.39, 0.29) is 6.04 Å². The van der Waals surface area contributed by atoms with Crippen LogP contribution < -0.4 is 0 Å². The van der Waals surface area contributed by atoms with Crippen molar-refractivity contribution in [1.29, 1.82) is 5.26 Å². The standard InChI is InChI=1S/C19H21N3O2/c1-3-21-17(10-15-5-4-14(11-20)9-18(15)21)7-6-16-8-13(2)12-22(16)19(23)24/h4-7,9-10,13,16H,3,8,12H2,1-2H3,(H,23,24)/t13-,16+/m0/s1. The first-order chi connectivity index (χ1) is 11.5. The van der Waals surface area contributed by atoms with Crippen molar-refractivity contribution in [1.82, 2.24) is 9.47 Å². The molecule has 1 amide bonds. The highest BCUT2D eigenvalue weighted by molar-refractivity contribution is 5.85. The number of aryl methyl sites for hydroxylation is 1. The zero-order chi connectivity index (χ0) is 17.3. The lowest BCUT2D eigenvalue weighted by molar-refractivity contribution is 0.146. The van der Waals surface area contributed by atoms with Gasteiger partial charge in [-0.15, -0.1) is 0 Å². The Morgan fingerprint density at radius 2 is 2.25 bits per heavy atom. The molecule has 3 rings (SSSR count). The zero-order valence-corrected chi connectivity index (χ0v) is 13.9. The van der Waals surface area contributed by atoms with Gasteiger partial charge in [0.25, 0.3) is 0 Å². The van der Waals surface area contributed by atoms with Gasteiger partial charge in [0.15, 0.2) is 0 Å². The fourth-order valence-corrected chi connectivity index (χ4v) is 3.53. The van der Waals surface area contributed by atoms with E-state index >= 15 is 0 Å². The first kappa shape index (κ1) is 16.1. The maximum absolute atomic E-state index is 11.4. The number of carbonyl (C=O) groups is 1. The lowest BCUT2D eigenvalue weighted by Crippen LogP contribution is -2.33. The van der Waals surface area contributed by atoms with Gasteiger partial charge in [-0.2, -0.15) is 5.26 Å². The Kier molecular flexibility index (Phi) is 4.30. The van der Waals surface area contributed by atoms with E-state index in [1.165, 1.54) is 4.90 Å². The van der Waals surface area contributed by atoms with Crippen molar-refractivity contribution in [2.45, 2.75) is 32.9 Å². The zero-order valence-electron chi connectivity index (χ0n) is 13.9. The third-order valence-electron chi connectivity index (χ3n) is 4.67. The quantitative estimate of drug-likeness (QED) is 0.930. The van der Waals surface area contributed by atoms with E-state index < -0.39 is 6.09 Å². The number of likely N-dealkylation sites (tertiary alicyclic amines) is 1. The number of nitriles is 1. The fraction of sp³-hybridized carbons (Fsp3) is 0.368. The number of fused-ring (bicyclic) bond motifs is 1. The van der Waals surface area contributed by atoms with Crippen molar-refractivity contribution in [2.24, 2.45) is 5.92 Å². The summed E-state index contributed by atoms with van der Waals surface area (Å²) in [5.74, 6) is 0.381. The third kappa shape index (κ3) is 2.88. The van der Waals surface area contributed by atoms with E-state index in [1.807, 2.05) is 30.4 Å². The van der Waals surface area contributed by atoms with Gasteiger partial charge in [0.05, 0.1) is 17.7 Å². The predicted molar refractivity (Wildman–Crippen MR) is 93.7 cm³/mol. The number of benzene rings is 1. The van der Waals surface area contributed by atoms with E-state index in [0.29, 0.717) is 18.0 Å². The molecule has 0 aliphatic carbocycles. The van der Waals surface area contributed by atoms with Gasteiger partial charge >= 0.3 is 6.09 Å². The SMILES string of the molecule is CCn1c(C=C[C@@H]2C[C@H](C)CN2C(=O)O)cc2ccc(C#N)cc21. The predicted octanol–water partition coefficient (Wildman–Crippen LogP) is 3.93. The average molecular weight is 323 g/mol. The van der Waals surface area contributed by atoms with Crippen molar-refractivity contribution < 1.29 is 9.90 Å². The lowest BCUT2D eigenvalue weighted by Gasteiger charge is -2.18. The van der Waals surface area contributed by atoms with Crippen LogP contribution in [0.2, 0.25) is 0 Å². The van der Waals surface area contributed by atoms with E-state index in [9.17, 15) is 9.90 Å². The van der Waals surface area contributed by atoms with Crippen LogP contribution in [0.3, 0.4) is 0 Å². The highest BCUT2D eigenvalue weighted by atomic mass is 16.4. The summed E-state index contributed by atoms with van der Waals surface area (Å²) in [5, 5.41) is 19.5. The lowest BCUT2D eigenvalue weighted by atomic mass is 10.1. The van der Waals surface area contributed by atoms with Gasteiger partial charge in [0, 0.05) is 29.7 Å². The Labute approximate surface area is 141 Å². The van der Waals surface area contributed by atoms with Crippen LogP contribution in [0, 0.1) is 17.2 Å². The maximum atomic E-state index is 11.4. The summed E-state index contributed by atoms with van der Waals surface area (Å²) in [5.41, 5.74) is 2.71. The second kappa shape index (κ2) is 6.40. The summed E-state index contributed by atoms with van der Waals surface area (Å²) in [6.45, 7) is 5.53. The van der Waals surface area contributed by atoms with E-state index in [2.05, 4.69) is 30.6 Å². The van der Waals surface area contributed by atoms with Crippen LogP contribution in [0.4, 0.5) is 4.79 Å². The summed E-state index contributed by atoms with van der Waals surface area (Å²) in [6.07, 6.45) is 3.99. The molecule has 2 atom stereocenters. The second-order valence-electron chi connectivity index (χ2n) is 6.40. The fourth-order valence-electron chi connectivity index (χ4n) is 3.53. The van der Waals surface area contributed by atoms with Gasteiger partial charge in [0.1, 0.15) is 0 Å². The molecule has 1 aliphatic heterocycles. The molecule has 5 nitrogen and oxygen atoms in total. The average Bonchev–Trinajstić information content (AvgIpc) is 3.11. The summed E-state index contributed by atoms with van der Waals surface area (Å²) in [4.78, 5) is 12.9. The first-order valence-corrected chi connectivity index (χ1v) is 8.24. The Morgan fingerprint density at radius 3 is 2.92 bits per heavy atom. The van der Waals surface area contributed by atoms with Gasteiger partial charge in [-0.05, 0) is 43.5 Å². The molecule has 24 heavy (non-hydrogen) atoms. The summed E-state index contributed by atoms with van der Waals surface area (Å²) < 4.78 is 2.15. The summed E-state index contributed by atoms with van der Waals surface area (Å²) >= 11 is 0. The van der Waals surface area contributed by atoms with Crippen molar-refractivity contribution >= 4 is 23.1 Å². The molecule has 0 spiro atoms. The minimum atomic E-state index is -0.858. The molecule has 0 radical (unpaired) electrons. The molecule has 1 fully saturated rings. The van der Waals surface area contributed by atoms with Crippen molar-refractivity contribution in [3.05, 3.63) is 41.6 Å². The minimum absolute atomic E-state index is 0.0736. The van der Waals surface area contributed by atoms with Crippen LogP contribution in [-0.4, -0.2) is 33.3 Å². The Bertz CT molecular complexity index is 844. The molecule has 1 aliphatic rings. The molecule has 1 saturated heterocycles. The number of rotatable bonds is 3. The molecule has 1 aromatic carbocycles. The van der Waals surface area contributed by atoms with E-state index in [4.69, 9.17) is 5.26 Å². The van der Waals surface area contributed by atoms with Gasteiger partial charge in [-0.1, -0.05) is 19.1 Å². The Morgan fingerprint density at radius 1 is 1.46 bits per heavy atom. The highest BCUT2D eigenvalue weighted by Crippen LogP contribution is 2.26. The Hall–Kier alpha value is -2.74. The minimum Gasteiger partial charge on any atom is -0.465 e. The first-order valence-electron chi connectivity index (χ1n) is 8.24.